The molecule has 56 valence electrons. The van der Waals surface area contributed by atoms with E-state index in [4.69, 9.17) is 4.55 Å². The molecule has 1 atom stereocenters. The number of rotatable bonds is 0. The van der Waals surface area contributed by atoms with Crippen LogP contribution in [-0.2, 0) is 19.4 Å². The fourth-order valence-electron chi connectivity index (χ4n) is 0.600. The van der Waals surface area contributed by atoms with Crippen molar-refractivity contribution in [3.63, 3.8) is 0 Å². The number of amides is 2. The van der Waals surface area contributed by atoms with Gasteiger partial charge in [-0.15, -0.1) is 0 Å². The lowest BCUT2D eigenvalue weighted by Gasteiger charge is -2.08. The molecule has 0 aromatic carbocycles. The number of hydrogen-bond donors (Lipinski definition) is 2. The summed E-state index contributed by atoms with van der Waals surface area (Å²) in [6, 6.07) is 0. The van der Waals surface area contributed by atoms with Crippen LogP contribution in [0.4, 0.5) is 0 Å². The fraction of sp³-hybridized carbons (Fsp3) is 0.250. The third-order valence-corrected chi connectivity index (χ3v) is 2.15. The highest BCUT2D eigenvalue weighted by Gasteiger charge is 2.19. The topological polar surface area (TPSA) is 83.5 Å². The van der Waals surface area contributed by atoms with Gasteiger partial charge in [0.05, 0.1) is 15.2 Å². The van der Waals surface area contributed by atoms with Gasteiger partial charge in [-0.25, -0.2) is 4.21 Å². The standard InChI is InChI=1S/C4H5NO4S/c6-3-1-10(8,9)2-4(7)5-3/h1H,2H2,(H,8,9)(H,5,6,7). The van der Waals surface area contributed by atoms with E-state index in [1.54, 1.807) is 0 Å². The Morgan fingerprint density at radius 3 is 2.60 bits per heavy atom. The first-order valence-electron chi connectivity index (χ1n) is 2.42. The van der Waals surface area contributed by atoms with Gasteiger partial charge in [-0.05, 0) is 0 Å². The Morgan fingerprint density at radius 1 is 1.60 bits per heavy atom. The van der Waals surface area contributed by atoms with Crippen LogP contribution in [0.1, 0.15) is 0 Å². The van der Waals surface area contributed by atoms with Crippen molar-refractivity contribution in [2.45, 2.75) is 0 Å². The molecule has 1 aliphatic rings. The van der Waals surface area contributed by atoms with E-state index in [2.05, 4.69) is 0 Å². The van der Waals surface area contributed by atoms with Gasteiger partial charge in [-0.1, -0.05) is 0 Å². The summed E-state index contributed by atoms with van der Waals surface area (Å²) in [5, 5.41) is 2.48. The van der Waals surface area contributed by atoms with Crippen molar-refractivity contribution in [3.8, 4) is 0 Å². The van der Waals surface area contributed by atoms with Gasteiger partial charge in [-0.2, -0.15) is 0 Å². The van der Waals surface area contributed by atoms with E-state index in [1.807, 2.05) is 5.32 Å². The smallest absolute Gasteiger partial charge is 0.260 e. The maximum absolute atomic E-state index is 10.6. The van der Waals surface area contributed by atoms with Crippen LogP contribution in [0, 0.1) is 0 Å². The van der Waals surface area contributed by atoms with Gasteiger partial charge in [0.1, 0.15) is 5.75 Å². The number of hydrogen-bond acceptors (Lipinski definition) is 3. The molecule has 0 fully saturated rings. The molecule has 0 spiro atoms. The van der Waals surface area contributed by atoms with Crippen LogP contribution in [0.5, 0.6) is 0 Å². The maximum Gasteiger partial charge on any atom is 0.260 e. The first-order chi connectivity index (χ1) is 4.49. The minimum absolute atomic E-state index is 0.515. The lowest BCUT2D eigenvalue weighted by Crippen LogP contribution is -2.42. The maximum atomic E-state index is 10.6. The number of imide groups is 1. The molecule has 1 heterocycles. The molecule has 1 unspecified atom stereocenters. The summed E-state index contributed by atoms with van der Waals surface area (Å²) in [5.41, 5.74) is 0. The average molecular weight is 163 g/mol. The SMILES string of the molecule is O=C1C=S(=O)(O)CC(=O)N1. The Morgan fingerprint density at radius 2 is 2.20 bits per heavy atom. The molecule has 0 saturated heterocycles. The van der Waals surface area contributed by atoms with E-state index < -0.39 is 27.4 Å². The van der Waals surface area contributed by atoms with Gasteiger partial charge in [0.2, 0.25) is 5.91 Å². The van der Waals surface area contributed by atoms with E-state index in [9.17, 15) is 13.8 Å². The Balaban J connectivity index is 3.09. The van der Waals surface area contributed by atoms with Gasteiger partial charge in [0.15, 0.2) is 0 Å². The van der Waals surface area contributed by atoms with Crippen molar-refractivity contribution in [3.05, 3.63) is 0 Å². The second kappa shape index (κ2) is 2.06. The molecule has 10 heavy (non-hydrogen) atoms. The molecule has 1 rings (SSSR count). The molecule has 0 aliphatic carbocycles. The van der Waals surface area contributed by atoms with Gasteiger partial charge in [0, 0.05) is 0 Å². The van der Waals surface area contributed by atoms with Crippen LogP contribution in [-0.4, -0.2) is 31.7 Å². The largest absolute Gasteiger partial charge is 0.313 e. The van der Waals surface area contributed by atoms with Crippen molar-refractivity contribution in [1.82, 2.24) is 5.32 Å². The van der Waals surface area contributed by atoms with E-state index >= 15 is 0 Å². The zero-order valence-corrected chi connectivity index (χ0v) is 5.68. The molecule has 0 aromatic rings. The highest BCUT2D eigenvalue weighted by molar-refractivity contribution is 7.98. The van der Waals surface area contributed by atoms with Crippen molar-refractivity contribution >= 4 is 27.0 Å². The Bertz CT molecular complexity index is 298. The van der Waals surface area contributed by atoms with Gasteiger partial charge in [-0.3, -0.25) is 14.9 Å². The minimum Gasteiger partial charge on any atom is -0.313 e. The lowest BCUT2D eigenvalue weighted by molar-refractivity contribution is -0.125. The monoisotopic (exact) mass is 163 g/mol. The van der Waals surface area contributed by atoms with E-state index in [0.717, 1.165) is 0 Å². The summed E-state index contributed by atoms with van der Waals surface area (Å²) in [5.74, 6) is -2.03. The predicted molar refractivity (Wildman–Crippen MR) is 34.9 cm³/mol. The summed E-state index contributed by atoms with van der Waals surface area (Å²) in [6.45, 7) is 0. The molecule has 6 heteroatoms. The van der Waals surface area contributed by atoms with E-state index in [1.165, 1.54) is 0 Å². The highest BCUT2D eigenvalue weighted by Crippen LogP contribution is 1.89. The van der Waals surface area contributed by atoms with E-state index in [0.29, 0.717) is 5.37 Å². The first kappa shape index (κ1) is 7.23. The first-order valence-corrected chi connectivity index (χ1v) is 4.17. The molecule has 0 radical (unpaired) electrons. The zero-order chi connectivity index (χ0) is 7.78. The molecule has 1 aliphatic heterocycles. The summed E-state index contributed by atoms with van der Waals surface area (Å²) in [4.78, 5) is 20.8. The Hall–Kier alpha value is -0.880. The molecule has 5 nitrogen and oxygen atoms in total. The van der Waals surface area contributed by atoms with Crippen molar-refractivity contribution < 1.29 is 18.4 Å². The molecule has 0 bridgehead atoms. The van der Waals surface area contributed by atoms with E-state index in [-0.39, 0.29) is 0 Å². The third-order valence-electron chi connectivity index (χ3n) is 0.892. The zero-order valence-electron chi connectivity index (χ0n) is 4.86. The van der Waals surface area contributed by atoms with Crippen LogP contribution in [0.3, 0.4) is 0 Å². The number of carbonyl (C=O) groups is 2. The fourth-order valence-corrected chi connectivity index (χ4v) is 1.52. The van der Waals surface area contributed by atoms with Crippen molar-refractivity contribution in [1.29, 1.82) is 0 Å². The summed E-state index contributed by atoms with van der Waals surface area (Å²) >= 11 is 0. The average Bonchev–Trinajstić information content (AvgIpc) is 1.54. The summed E-state index contributed by atoms with van der Waals surface area (Å²) < 4.78 is 19.4. The lowest BCUT2D eigenvalue weighted by atomic mass is 10.6. The van der Waals surface area contributed by atoms with Crippen LogP contribution in [0.15, 0.2) is 0 Å². The predicted octanol–water partition coefficient (Wildman–Crippen LogP) is -1.80. The summed E-state index contributed by atoms with van der Waals surface area (Å²) in [6.07, 6.45) is 0. The van der Waals surface area contributed by atoms with Gasteiger partial charge < -0.3 is 4.55 Å². The molecular formula is C4H5NO4S. The number of carbonyl (C=O) groups excluding carboxylic acids is 2. The van der Waals surface area contributed by atoms with Crippen LogP contribution in [0.25, 0.3) is 0 Å². The summed E-state index contributed by atoms with van der Waals surface area (Å²) in [7, 11) is -3.32. The third kappa shape index (κ3) is 1.55. The van der Waals surface area contributed by atoms with Crippen LogP contribution in [0.2, 0.25) is 0 Å². The molecule has 2 N–H and O–H groups in total. The van der Waals surface area contributed by atoms with Crippen molar-refractivity contribution in [2.75, 3.05) is 5.75 Å². The van der Waals surface area contributed by atoms with Gasteiger partial charge >= 0.3 is 0 Å². The second-order valence-electron chi connectivity index (χ2n) is 1.86. The minimum atomic E-state index is -3.32. The number of nitrogens with one attached hydrogen (secondary N) is 1. The highest BCUT2D eigenvalue weighted by atomic mass is 32.2. The Labute approximate surface area is 57.3 Å². The molecule has 2 amide bonds. The normalized spacial score (nSPS) is 32.9. The molecular weight excluding hydrogens is 158 g/mol. The molecule has 0 saturated carbocycles. The van der Waals surface area contributed by atoms with Gasteiger partial charge in [0.25, 0.3) is 5.91 Å². The second-order valence-corrected chi connectivity index (χ2v) is 3.77. The quantitative estimate of drug-likeness (QED) is 0.326. The van der Waals surface area contributed by atoms with Crippen molar-refractivity contribution in [2.24, 2.45) is 0 Å². The van der Waals surface area contributed by atoms with Crippen LogP contribution >= 0.6 is 0 Å². The Kier molecular flexibility index (Phi) is 1.49. The molecule has 0 aromatic heterocycles. The van der Waals surface area contributed by atoms with Crippen LogP contribution < -0.4 is 5.32 Å².